The monoisotopic (exact) mass is 182 g/mol. The molecule has 1 unspecified atom stereocenters. The second-order valence-electron chi connectivity index (χ2n) is 2.57. The molecule has 1 heterocycles. The van der Waals surface area contributed by atoms with Crippen LogP contribution in [-0.2, 0) is 0 Å². The lowest BCUT2D eigenvalue weighted by atomic mass is 10.3. The predicted molar refractivity (Wildman–Crippen MR) is 46.8 cm³/mol. The van der Waals surface area contributed by atoms with Gasteiger partial charge in [0.2, 0.25) is 0 Å². The fraction of sp³-hybridized carbons (Fsp3) is 0.500. The van der Waals surface area contributed by atoms with Gasteiger partial charge < -0.3 is 5.11 Å². The zero-order valence-corrected chi connectivity index (χ0v) is 7.85. The number of thiazole rings is 1. The molecule has 1 N–H and O–H groups in total. The number of aromatic nitrogens is 1. The lowest BCUT2D eigenvalue weighted by molar-refractivity contribution is 0.183. The summed E-state index contributed by atoms with van der Waals surface area (Å²) in [5, 5.41) is 18.4. The summed E-state index contributed by atoms with van der Waals surface area (Å²) in [6, 6.07) is 1.91. The summed E-state index contributed by atoms with van der Waals surface area (Å²) in [5.41, 5.74) is 0.937. The fourth-order valence-electron chi connectivity index (χ4n) is 0.814. The molecule has 0 aromatic carbocycles. The van der Waals surface area contributed by atoms with Crippen LogP contribution in [0.25, 0.3) is 0 Å². The number of hydrogen-bond acceptors (Lipinski definition) is 4. The molecular weight excluding hydrogens is 172 g/mol. The van der Waals surface area contributed by atoms with E-state index in [9.17, 15) is 5.11 Å². The maximum Gasteiger partial charge on any atom is 0.123 e. The van der Waals surface area contributed by atoms with E-state index in [1.807, 2.05) is 19.9 Å². The van der Waals surface area contributed by atoms with Gasteiger partial charge in [-0.05, 0) is 13.8 Å². The van der Waals surface area contributed by atoms with E-state index in [2.05, 4.69) is 4.98 Å². The van der Waals surface area contributed by atoms with E-state index in [1.165, 1.54) is 11.3 Å². The van der Waals surface area contributed by atoms with E-state index in [1.54, 1.807) is 0 Å². The highest BCUT2D eigenvalue weighted by Gasteiger charge is 2.12. The highest BCUT2D eigenvalue weighted by Crippen LogP contribution is 2.24. The molecule has 4 heteroatoms. The third-order valence-corrected chi connectivity index (χ3v) is 2.79. The van der Waals surface area contributed by atoms with Gasteiger partial charge in [0.15, 0.2) is 0 Å². The average molecular weight is 182 g/mol. The van der Waals surface area contributed by atoms with Crippen molar-refractivity contribution in [2.75, 3.05) is 0 Å². The normalized spacial score (nSPS) is 12.5. The minimum absolute atomic E-state index is 0.117. The summed E-state index contributed by atoms with van der Waals surface area (Å²) < 4.78 is 0. The molecule has 12 heavy (non-hydrogen) atoms. The lowest BCUT2D eigenvalue weighted by Crippen LogP contribution is -1.94. The molecule has 1 aromatic heterocycles. The Morgan fingerprint density at radius 3 is 2.75 bits per heavy atom. The van der Waals surface area contributed by atoms with Crippen molar-refractivity contribution in [1.82, 2.24) is 4.98 Å². The Kier molecular flexibility index (Phi) is 2.79. The van der Waals surface area contributed by atoms with E-state index >= 15 is 0 Å². The van der Waals surface area contributed by atoms with Crippen molar-refractivity contribution in [3.63, 3.8) is 0 Å². The minimum atomic E-state index is -0.715. The summed E-state index contributed by atoms with van der Waals surface area (Å²) in [6.45, 7) is 3.85. The maximum absolute atomic E-state index is 9.38. The van der Waals surface area contributed by atoms with E-state index in [-0.39, 0.29) is 6.42 Å². The van der Waals surface area contributed by atoms with Gasteiger partial charge in [-0.15, -0.1) is 11.3 Å². The quantitative estimate of drug-likeness (QED) is 0.757. The number of aryl methyl sites for hydroxylation is 2. The summed E-state index contributed by atoms with van der Waals surface area (Å²) in [6.07, 6.45) is -0.598. The van der Waals surface area contributed by atoms with Crippen molar-refractivity contribution < 1.29 is 5.11 Å². The maximum atomic E-state index is 9.38. The topological polar surface area (TPSA) is 56.9 Å². The number of aliphatic hydroxyl groups excluding tert-OH is 1. The molecule has 0 aliphatic carbocycles. The van der Waals surface area contributed by atoms with Crippen LogP contribution in [0.3, 0.4) is 0 Å². The van der Waals surface area contributed by atoms with E-state index in [0.29, 0.717) is 5.01 Å². The van der Waals surface area contributed by atoms with Crippen LogP contribution in [0.1, 0.15) is 28.1 Å². The molecule has 0 aliphatic rings. The first-order valence-electron chi connectivity index (χ1n) is 3.64. The average Bonchev–Trinajstić information content (AvgIpc) is 2.33. The van der Waals surface area contributed by atoms with Gasteiger partial charge in [0.05, 0.1) is 18.2 Å². The first-order chi connectivity index (χ1) is 5.65. The molecule has 0 fully saturated rings. The zero-order valence-electron chi connectivity index (χ0n) is 7.03. The van der Waals surface area contributed by atoms with Crippen molar-refractivity contribution in [2.24, 2.45) is 0 Å². The van der Waals surface area contributed by atoms with Gasteiger partial charge >= 0.3 is 0 Å². The standard InChI is InChI=1S/C8H10N2OS/c1-5-6(2)12-8(10-5)7(11)3-4-9/h7,11H,3H2,1-2H3. The minimum Gasteiger partial charge on any atom is -0.385 e. The van der Waals surface area contributed by atoms with Crippen LogP contribution in [0.15, 0.2) is 0 Å². The Labute approximate surface area is 75.3 Å². The van der Waals surface area contributed by atoms with Gasteiger partial charge in [0.1, 0.15) is 11.1 Å². The van der Waals surface area contributed by atoms with Crippen molar-refractivity contribution in [3.8, 4) is 6.07 Å². The first kappa shape index (κ1) is 9.17. The summed E-state index contributed by atoms with van der Waals surface area (Å²) >= 11 is 1.45. The first-order valence-corrected chi connectivity index (χ1v) is 4.45. The van der Waals surface area contributed by atoms with Crippen molar-refractivity contribution in [2.45, 2.75) is 26.4 Å². The zero-order chi connectivity index (χ0) is 9.14. The molecule has 1 atom stereocenters. The van der Waals surface area contributed by atoms with Crippen LogP contribution >= 0.6 is 11.3 Å². The third kappa shape index (κ3) is 1.81. The Balaban J connectivity index is 2.83. The molecule has 0 amide bonds. The van der Waals surface area contributed by atoms with Gasteiger partial charge in [0, 0.05) is 4.88 Å². The van der Waals surface area contributed by atoms with E-state index < -0.39 is 6.10 Å². The van der Waals surface area contributed by atoms with Crippen molar-refractivity contribution >= 4 is 11.3 Å². The molecule has 0 bridgehead atoms. The Bertz CT molecular complexity index is 294. The molecule has 0 aliphatic heterocycles. The molecule has 64 valence electrons. The molecular formula is C8H10N2OS. The van der Waals surface area contributed by atoms with E-state index in [4.69, 9.17) is 5.26 Å². The largest absolute Gasteiger partial charge is 0.385 e. The third-order valence-electron chi connectivity index (χ3n) is 1.61. The van der Waals surface area contributed by atoms with Crippen molar-refractivity contribution in [3.05, 3.63) is 15.6 Å². The molecule has 1 rings (SSSR count). The fourth-order valence-corrected chi connectivity index (χ4v) is 1.72. The number of nitriles is 1. The lowest BCUT2D eigenvalue weighted by Gasteiger charge is -1.98. The SMILES string of the molecule is Cc1nc(C(O)CC#N)sc1C. The molecule has 0 saturated carbocycles. The van der Waals surface area contributed by atoms with Gasteiger partial charge in [-0.25, -0.2) is 4.98 Å². The predicted octanol–water partition coefficient (Wildman–Crippen LogP) is 1.71. The summed E-state index contributed by atoms with van der Waals surface area (Å²) in [4.78, 5) is 5.25. The Morgan fingerprint density at radius 1 is 1.67 bits per heavy atom. The Morgan fingerprint density at radius 2 is 2.33 bits per heavy atom. The number of hydrogen-bond donors (Lipinski definition) is 1. The smallest absolute Gasteiger partial charge is 0.123 e. The van der Waals surface area contributed by atoms with Gasteiger partial charge in [-0.1, -0.05) is 0 Å². The molecule has 0 radical (unpaired) electrons. The highest BCUT2D eigenvalue weighted by atomic mass is 32.1. The van der Waals surface area contributed by atoms with Gasteiger partial charge in [-0.3, -0.25) is 0 Å². The number of nitrogens with zero attached hydrogens (tertiary/aromatic N) is 2. The van der Waals surface area contributed by atoms with Crippen molar-refractivity contribution in [1.29, 1.82) is 5.26 Å². The summed E-state index contributed by atoms with van der Waals surface area (Å²) in [5.74, 6) is 0. The number of aliphatic hydroxyl groups is 1. The highest BCUT2D eigenvalue weighted by molar-refractivity contribution is 7.11. The number of rotatable bonds is 2. The Hall–Kier alpha value is -0.920. The van der Waals surface area contributed by atoms with Crippen LogP contribution in [0.4, 0.5) is 0 Å². The molecule has 3 nitrogen and oxygen atoms in total. The molecule has 0 saturated heterocycles. The van der Waals surface area contributed by atoms with Gasteiger partial charge in [-0.2, -0.15) is 5.26 Å². The van der Waals surface area contributed by atoms with Crippen LogP contribution < -0.4 is 0 Å². The van der Waals surface area contributed by atoms with Crippen LogP contribution in [0, 0.1) is 25.2 Å². The van der Waals surface area contributed by atoms with E-state index in [0.717, 1.165) is 10.6 Å². The second-order valence-corrected chi connectivity index (χ2v) is 3.81. The molecule has 0 spiro atoms. The van der Waals surface area contributed by atoms with Gasteiger partial charge in [0.25, 0.3) is 0 Å². The van der Waals surface area contributed by atoms with Crippen LogP contribution in [-0.4, -0.2) is 10.1 Å². The van der Waals surface area contributed by atoms with Crippen LogP contribution in [0.2, 0.25) is 0 Å². The summed E-state index contributed by atoms with van der Waals surface area (Å²) in [7, 11) is 0. The van der Waals surface area contributed by atoms with Crippen LogP contribution in [0.5, 0.6) is 0 Å². The molecule has 1 aromatic rings. The second kappa shape index (κ2) is 3.65.